The highest BCUT2D eigenvalue weighted by Gasteiger charge is 2.01. The molecule has 1 aromatic carbocycles. The molecule has 12 heavy (non-hydrogen) atoms. The standard InChI is InChI=1S/C10H12ClN/c1-4-8-5-6-10(12(2)3)9(11)7-8/h4-7H,1H2,2-3H3. The van der Waals surface area contributed by atoms with E-state index in [1.54, 1.807) is 6.08 Å². The molecule has 1 nitrogen and oxygen atoms in total. The van der Waals surface area contributed by atoms with Crippen molar-refractivity contribution in [3.05, 3.63) is 35.4 Å². The smallest absolute Gasteiger partial charge is 0.0645 e. The molecule has 0 amide bonds. The van der Waals surface area contributed by atoms with Crippen LogP contribution < -0.4 is 4.90 Å². The van der Waals surface area contributed by atoms with Gasteiger partial charge < -0.3 is 4.90 Å². The Labute approximate surface area is 78.3 Å². The van der Waals surface area contributed by atoms with Gasteiger partial charge in [0.05, 0.1) is 10.7 Å². The molecule has 0 N–H and O–H groups in total. The van der Waals surface area contributed by atoms with E-state index >= 15 is 0 Å². The van der Waals surface area contributed by atoms with Gasteiger partial charge in [-0.05, 0) is 17.7 Å². The summed E-state index contributed by atoms with van der Waals surface area (Å²) in [5.41, 5.74) is 2.08. The molecule has 0 fully saturated rings. The molecule has 0 atom stereocenters. The van der Waals surface area contributed by atoms with E-state index in [-0.39, 0.29) is 0 Å². The Morgan fingerprint density at radius 3 is 2.50 bits per heavy atom. The van der Waals surface area contributed by atoms with Gasteiger partial charge in [0.2, 0.25) is 0 Å². The Hall–Kier alpha value is -0.950. The van der Waals surface area contributed by atoms with E-state index in [1.165, 1.54) is 0 Å². The summed E-state index contributed by atoms with van der Waals surface area (Å²) < 4.78 is 0. The molecule has 1 aromatic rings. The maximum absolute atomic E-state index is 6.01. The zero-order chi connectivity index (χ0) is 9.14. The van der Waals surface area contributed by atoms with Gasteiger partial charge in [-0.2, -0.15) is 0 Å². The van der Waals surface area contributed by atoms with Crippen LogP contribution in [0.1, 0.15) is 5.56 Å². The van der Waals surface area contributed by atoms with E-state index in [0.29, 0.717) is 0 Å². The molecule has 2 heteroatoms. The van der Waals surface area contributed by atoms with Gasteiger partial charge in [0.25, 0.3) is 0 Å². The number of benzene rings is 1. The normalized spacial score (nSPS) is 9.58. The monoisotopic (exact) mass is 181 g/mol. The van der Waals surface area contributed by atoms with Gasteiger partial charge in [0, 0.05) is 14.1 Å². The number of nitrogens with zero attached hydrogens (tertiary/aromatic N) is 1. The van der Waals surface area contributed by atoms with Crippen molar-refractivity contribution in [3.8, 4) is 0 Å². The van der Waals surface area contributed by atoms with Gasteiger partial charge in [-0.3, -0.25) is 0 Å². The number of anilines is 1. The van der Waals surface area contributed by atoms with Crippen molar-refractivity contribution in [3.63, 3.8) is 0 Å². The molecule has 0 aliphatic heterocycles. The van der Waals surface area contributed by atoms with E-state index < -0.39 is 0 Å². The Morgan fingerprint density at radius 2 is 2.08 bits per heavy atom. The second-order valence-electron chi connectivity index (χ2n) is 2.81. The van der Waals surface area contributed by atoms with E-state index in [9.17, 15) is 0 Å². The highest BCUT2D eigenvalue weighted by Crippen LogP contribution is 2.25. The fraction of sp³-hybridized carbons (Fsp3) is 0.200. The third kappa shape index (κ3) is 1.80. The summed E-state index contributed by atoms with van der Waals surface area (Å²) in [5, 5.41) is 0.761. The largest absolute Gasteiger partial charge is 0.376 e. The summed E-state index contributed by atoms with van der Waals surface area (Å²) in [4.78, 5) is 1.98. The van der Waals surface area contributed by atoms with Crippen molar-refractivity contribution < 1.29 is 0 Å². The number of hydrogen-bond donors (Lipinski definition) is 0. The van der Waals surface area contributed by atoms with Gasteiger partial charge in [0.1, 0.15) is 0 Å². The predicted octanol–water partition coefficient (Wildman–Crippen LogP) is 3.05. The topological polar surface area (TPSA) is 3.24 Å². The van der Waals surface area contributed by atoms with Crippen molar-refractivity contribution in [1.82, 2.24) is 0 Å². The van der Waals surface area contributed by atoms with E-state index in [1.807, 2.05) is 37.2 Å². The molecule has 1 rings (SSSR count). The second-order valence-corrected chi connectivity index (χ2v) is 3.22. The van der Waals surface area contributed by atoms with Crippen molar-refractivity contribution in [1.29, 1.82) is 0 Å². The van der Waals surface area contributed by atoms with Crippen LogP contribution in [0.3, 0.4) is 0 Å². The van der Waals surface area contributed by atoms with Crippen molar-refractivity contribution in [2.45, 2.75) is 0 Å². The van der Waals surface area contributed by atoms with Crippen molar-refractivity contribution >= 4 is 23.4 Å². The molecule has 0 aliphatic carbocycles. The minimum Gasteiger partial charge on any atom is -0.376 e. The minimum atomic E-state index is 0.761. The number of halogens is 1. The van der Waals surface area contributed by atoms with Crippen molar-refractivity contribution in [2.75, 3.05) is 19.0 Å². The quantitative estimate of drug-likeness (QED) is 0.678. The average Bonchev–Trinajstić information content (AvgIpc) is 2.03. The first-order valence-corrected chi connectivity index (χ1v) is 4.12. The van der Waals surface area contributed by atoms with Crippen LogP contribution in [0.4, 0.5) is 5.69 Å². The van der Waals surface area contributed by atoms with Gasteiger partial charge in [0.15, 0.2) is 0 Å². The third-order valence-electron chi connectivity index (χ3n) is 1.69. The summed E-state index contributed by atoms with van der Waals surface area (Å²) in [6.07, 6.45) is 1.78. The highest BCUT2D eigenvalue weighted by atomic mass is 35.5. The van der Waals surface area contributed by atoms with Gasteiger partial charge in [-0.15, -0.1) is 0 Å². The third-order valence-corrected chi connectivity index (χ3v) is 1.99. The lowest BCUT2D eigenvalue weighted by atomic mass is 10.2. The van der Waals surface area contributed by atoms with Gasteiger partial charge in [-0.1, -0.05) is 30.3 Å². The molecule has 0 radical (unpaired) electrons. The summed E-state index contributed by atoms with van der Waals surface area (Å²) in [6, 6.07) is 5.89. The molecular weight excluding hydrogens is 170 g/mol. The molecule has 0 bridgehead atoms. The molecule has 0 aliphatic rings. The first-order chi connectivity index (χ1) is 5.65. The molecule has 0 aromatic heterocycles. The fourth-order valence-electron chi connectivity index (χ4n) is 1.01. The molecule has 0 unspecified atom stereocenters. The molecular formula is C10H12ClN. The Kier molecular flexibility index (Phi) is 2.77. The number of hydrogen-bond acceptors (Lipinski definition) is 1. The maximum Gasteiger partial charge on any atom is 0.0645 e. The summed E-state index contributed by atoms with van der Waals surface area (Å²) in [7, 11) is 3.93. The fourth-order valence-corrected chi connectivity index (χ4v) is 1.37. The van der Waals surface area contributed by atoms with Gasteiger partial charge >= 0.3 is 0 Å². The van der Waals surface area contributed by atoms with E-state index in [0.717, 1.165) is 16.3 Å². The Bertz CT molecular complexity index is 292. The van der Waals surface area contributed by atoms with Crippen LogP contribution >= 0.6 is 11.6 Å². The Morgan fingerprint density at radius 1 is 1.42 bits per heavy atom. The molecule has 0 spiro atoms. The average molecular weight is 182 g/mol. The van der Waals surface area contributed by atoms with Crippen LogP contribution in [0.25, 0.3) is 6.08 Å². The summed E-state index contributed by atoms with van der Waals surface area (Å²) in [5.74, 6) is 0. The van der Waals surface area contributed by atoms with Crippen LogP contribution in [0.5, 0.6) is 0 Å². The lowest BCUT2D eigenvalue weighted by Gasteiger charge is -2.14. The molecule has 0 saturated heterocycles. The van der Waals surface area contributed by atoms with E-state index in [2.05, 4.69) is 6.58 Å². The van der Waals surface area contributed by atoms with Crippen LogP contribution in [-0.4, -0.2) is 14.1 Å². The zero-order valence-corrected chi connectivity index (χ0v) is 8.10. The Balaban J connectivity index is 3.11. The summed E-state index contributed by atoms with van der Waals surface area (Å²) in [6.45, 7) is 3.67. The van der Waals surface area contributed by atoms with Gasteiger partial charge in [-0.25, -0.2) is 0 Å². The second kappa shape index (κ2) is 3.63. The van der Waals surface area contributed by atoms with E-state index in [4.69, 9.17) is 11.6 Å². The molecule has 0 saturated carbocycles. The molecule has 0 heterocycles. The predicted molar refractivity (Wildman–Crippen MR) is 55.9 cm³/mol. The lowest BCUT2D eigenvalue weighted by Crippen LogP contribution is -2.08. The highest BCUT2D eigenvalue weighted by molar-refractivity contribution is 6.33. The first-order valence-electron chi connectivity index (χ1n) is 3.74. The van der Waals surface area contributed by atoms with Crippen LogP contribution in [-0.2, 0) is 0 Å². The molecule has 64 valence electrons. The summed E-state index contributed by atoms with van der Waals surface area (Å²) >= 11 is 6.01. The zero-order valence-electron chi connectivity index (χ0n) is 7.34. The minimum absolute atomic E-state index is 0.761. The van der Waals surface area contributed by atoms with Crippen LogP contribution in [0.2, 0.25) is 5.02 Å². The lowest BCUT2D eigenvalue weighted by molar-refractivity contribution is 1.13. The number of rotatable bonds is 2. The first kappa shape index (κ1) is 9.14. The maximum atomic E-state index is 6.01. The van der Waals surface area contributed by atoms with Crippen LogP contribution in [0, 0.1) is 0 Å². The SMILES string of the molecule is C=Cc1ccc(N(C)C)c(Cl)c1. The van der Waals surface area contributed by atoms with Crippen molar-refractivity contribution in [2.24, 2.45) is 0 Å². The van der Waals surface area contributed by atoms with Crippen LogP contribution in [0.15, 0.2) is 24.8 Å².